The van der Waals surface area contributed by atoms with Crippen molar-refractivity contribution in [3.63, 3.8) is 0 Å². The fraction of sp³-hybridized carbons (Fsp3) is 0.720. The molecule has 2 N–H and O–H groups in total. The van der Waals surface area contributed by atoms with Gasteiger partial charge in [0.1, 0.15) is 17.2 Å². The predicted molar refractivity (Wildman–Crippen MR) is 123 cm³/mol. The zero-order chi connectivity index (χ0) is 22.7. The quantitative estimate of drug-likeness (QED) is 0.650. The number of ether oxygens (including phenoxy) is 3. The molecule has 1 aromatic carbocycles. The molecule has 3 fully saturated rings. The lowest BCUT2D eigenvalue weighted by Gasteiger charge is -2.39. The Kier molecular flexibility index (Phi) is 7.06. The van der Waals surface area contributed by atoms with E-state index in [9.17, 15) is 10.2 Å². The van der Waals surface area contributed by atoms with Gasteiger partial charge in [-0.3, -0.25) is 0 Å². The third-order valence-electron chi connectivity index (χ3n) is 7.48. The molecule has 1 aromatic heterocycles. The first kappa shape index (κ1) is 22.9. The number of nitrogens with zero attached hydrogens (tertiary/aromatic N) is 2. The molecule has 2 aliphatic heterocycles. The van der Waals surface area contributed by atoms with Crippen molar-refractivity contribution in [1.29, 1.82) is 0 Å². The Hall–Kier alpha value is -1.87. The van der Waals surface area contributed by atoms with Crippen molar-refractivity contribution in [1.82, 2.24) is 10.1 Å². The van der Waals surface area contributed by atoms with Crippen molar-refractivity contribution in [2.45, 2.75) is 69.2 Å². The summed E-state index contributed by atoms with van der Waals surface area (Å²) in [6.07, 6.45) is 6.57. The Bertz CT molecular complexity index is 903. The number of likely N-dealkylation sites (tertiary alicyclic amines) is 1. The summed E-state index contributed by atoms with van der Waals surface area (Å²) in [6, 6.07) is 5.63. The van der Waals surface area contributed by atoms with Crippen LogP contribution in [0.5, 0.6) is 11.6 Å². The van der Waals surface area contributed by atoms with Crippen LogP contribution in [0.15, 0.2) is 22.7 Å². The Morgan fingerprint density at radius 3 is 2.67 bits per heavy atom. The number of hydrogen-bond donors (Lipinski definition) is 2. The molecule has 8 nitrogen and oxygen atoms in total. The van der Waals surface area contributed by atoms with Gasteiger partial charge in [0, 0.05) is 32.6 Å². The Balaban J connectivity index is 1.17. The maximum atomic E-state index is 10.8. The Morgan fingerprint density at radius 2 is 1.88 bits per heavy atom. The molecule has 5 rings (SSSR count). The summed E-state index contributed by atoms with van der Waals surface area (Å²) >= 11 is 0. The molecule has 3 heterocycles. The SMILES string of the molecule is O[C@@H]1CCCC[C@@H]1Oc1cccc2onc(OCC3CCN(CC4(O)CCOCC4)CC3)c12. The van der Waals surface area contributed by atoms with Gasteiger partial charge >= 0.3 is 0 Å². The molecule has 8 heteroatoms. The molecular weight excluding hydrogens is 424 g/mol. The van der Waals surface area contributed by atoms with Crippen LogP contribution in [0.4, 0.5) is 0 Å². The van der Waals surface area contributed by atoms with E-state index < -0.39 is 11.7 Å². The lowest BCUT2D eigenvalue weighted by Crippen LogP contribution is -2.49. The molecule has 0 spiro atoms. The summed E-state index contributed by atoms with van der Waals surface area (Å²) in [5.41, 5.74) is 0.0242. The number of aliphatic hydroxyl groups excluding tert-OH is 1. The van der Waals surface area contributed by atoms with Gasteiger partial charge in [0.15, 0.2) is 5.58 Å². The molecule has 2 saturated heterocycles. The third-order valence-corrected chi connectivity index (χ3v) is 7.48. The second-order valence-electron chi connectivity index (χ2n) is 9.99. The van der Waals surface area contributed by atoms with E-state index in [0.29, 0.717) is 43.0 Å². The van der Waals surface area contributed by atoms with Crippen molar-refractivity contribution >= 4 is 11.0 Å². The minimum absolute atomic E-state index is 0.207. The number of rotatable bonds is 7. The van der Waals surface area contributed by atoms with E-state index in [1.54, 1.807) is 0 Å². The second-order valence-corrected chi connectivity index (χ2v) is 9.99. The number of hydrogen-bond acceptors (Lipinski definition) is 8. The highest BCUT2D eigenvalue weighted by Gasteiger charge is 2.33. The highest BCUT2D eigenvalue weighted by molar-refractivity contribution is 5.88. The van der Waals surface area contributed by atoms with Gasteiger partial charge < -0.3 is 33.8 Å². The summed E-state index contributed by atoms with van der Waals surface area (Å²) in [7, 11) is 0. The van der Waals surface area contributed by atoms with Gasteiger partial charge in [-0.2, -0.15) is 0 Å². The van der Waals surface area contributed by atoms with E-state index in [-0.39, 0.29) is 6.10 Å². The largest absolute Gasteiger partial charge is 0.487 e. The Morgan fingerprint density at radius 1 is 1.09 bits per heavy atom. The van der Waals surface area contributed by atoms with Crippen LogP contribution >= 0.6 is 0 Å². The van der Waals surface area contributed by atoms with Crippen LogP contribution in [-0.4, -0.2) is 77.5 Å². The fourth-order valence-corrected chi connectivity index (χ4v) is 5.34. The molecule has 2 atom stereocenters. The highest BCUT2D eigenvalue weighted by atomic mass is 16.5. The smallest absolute Gasteiger partial charge is 0.265 e. The van der Waals surface area contributed by atoms with Gasteiger partial charge in [-0.25, -0.2) is 0 Å². The monoisotopic (exact) mass is 460 g/mol. The average Bonchev–Trinajstić information content (AvgIpc) is 3.24. The summed E-state index contributed by atoms with van der Waals surface area (Å²) in [5.74, 6) is 1.56. The van der Waals surface area contributed by atoms with Crippen LogP contribution in [0.2, 0.25) is 0 Å². The van der Waals surface area contributed by atoms with Crippen LogP contribution in [0, 0.1) is 5.92 Å². The fourth-order valence-electron chi connectivity index (χ4n) is 5.34. The third kappa shape index (κ3) is 5.45. The molecular formula is C25H36N2O6. The first-order chi connectivity index (χ1) is 16.1. The topological polar surface area (TPSA) is 97.4 Å². The number of aromatic nitrogens is 1. The van der Waals surface area contributed by atoms with Gasteiger partial charge in [0.25, 0.3) is 5.88 Å². The van der Waals surface area contributed by atoms with E-state index in [1.807, 2.05) is 18.2 Å². The number of aliphatic hydroxyl groups is 2. The maximum Gasteiger partial charge on any atom is 0.265 e. The molecule has 182 valence electrons. The summed E-state index contributed by atoms with van der Waals surface area (Å²) < 4.78 is 23.2. The number of β-amino-alcohol motifs (C(OH)–C–C–N with tert-alkyl or cyclic N) is 1. The summed E-state index contributed by atoms with van der Waals surface area (Å²) in [5, 5.41) is 26.0. The van der Waals surface area contributed by atoms with Crippen LogP contribution < -0.4 is 9.47 Å². The molecule has 0 radical (unpaired) electrons. The van der Waals surface area contributed by atoms with Crippen molar-refractivity contribution in [2.24, 2.45) is 5.92 Å². The average molecular weight is 461 g/mol. The van der Waals surface area contributed by atoms with E-state index >= 15 is 0 Å². The minimum atomic E-state index is -0.608. The normalized spacial score (nSPS) is 27.0. The van der Waals surface area contributed by atoms with Gasteiger partial charge in [0.2, 0.25) is 0 Å². The van der Waals surface area contributed by atoms with Gasteiger partial charge in [-0.15, -0.1) is 0 Å². The number of benzene rings is 1. The lowest BCUT2D eigenvalue weighted by atomic mass is 9.91. The van der Waals surface area contributed by atoms with Crippen molar-refractivity contribution in [2.75, 3.05) is 39.5 Å². The molecule has 0 bridgehead atoms. The van der Waals surface area contributed by atoms with Crippen LogP contribution in [-0.2, 0) is 4.74 Å². The van der Waals surface area contributed by atoms with E-state index in [0.717, 1.165) is 76.4 Å². The van der Waals surface area contributed by atoms with Crippen LogP contribution in [0.3, 0.4) is 0 Å². The maximum absolute atomic E-state index is 10.8. The van der Waals surface area contributed by atoms with Crippen molar-refractivity contribution < 1.29 is 28.9 Å². The highest BCUT2D eigenvalue weighted by Crippen LogP contribution is 2.36. The molecule has 1 saturated carbocycles. The predicted octanol–water partition coefficient (Wildman–Crippen LogP) is 3.14. The van der Waals surface area contributed by atoms with Gasteiger partial charge in [-0.1, -0.05) is 12.5 Å². The lowest BCUT2D eigenvalue weighted by molar-refractivity contribution is -0.0834. The van der Waals surface area contributed by atoms with Crippen molar-refractivity contribution in [3.8, 4) is 11.6 Å². The molecule has 0 unspecified atom stereocenters. The molecule has 3 aliphatic rings. The number of fused-ring (bicyclic) bond motifs is 1. The first-order valence-electron chi connectivity index (χ1n) is 12.5. The zero-order valence-corrected chi connectivity index (χ0v) is 19.3. The van der Waals surface area contributed by atoms with Gasteiger partial charge in [-0.05, 0) is 68.4 Å². The summed E-state index contributed by atoms with van der Waals surface area (Å²) in [4.78, 5) is 2.37. The van der Waals surface area contributed by atoms with Crippen LogP contribution in [0.25, 0.3) is 11.0 Å². The first-order valence-corrected chi connectivity index (χ1v) is 12.5. The van der Waals surface area contributed by atoms with E-state index in [4.69, 9.17) is 18.7 Å². The minimum Gasteiger partial charge on any atom is -0.487 e. The molecule has 2 aromatic rings. The second kappa shape index (κ2) is 10.2. The standard InChI is InChI=1S/C25H36N2O6/c28-19-4-1-2-5-20(19)32-21-6-3-7-22-23(21)24(26-33-22)31-16-18-8-12-27(13-9-18)17-25(29)10-14-30-15-11-25/h3,6-7,18-20,28-29H,1-2,4-5,8-17H2/t19-,20+/m1/s1. The zero-order valence-electron chi connectivity index (χ0n) is 19.3. The summed E-state index contributed by atoms with van der Waals surface area (Å²) in [6.45, 7) is 4.53. The van der Waals surface area contributed by atoms with Crippen LogP contribution in [0.1, 0.15) is 51.4 Å². The molecule has 1 aliphatic carbocycles. The Labute approximate surface area is 194 Å². The van der Waals surface area contributed by atoms with E-state index in [1.165, 1.54) is 0 Å². The van der Waals surface area contributed by atoms with Gasteiger partial charge in [0.05, 0.1) is 18.3 Å². The van der Waals surface area contributed by atoms with Crippen molar-refractivity contribution in [3.05, 3.63) is 18.2 Å². The number of piperidine rings is 1. The van der Waals surface area contributed by atoms with E-state index in [2.05, 4.69) is 10.1 Å². The molecule has 0 amide bonds. The molecule has 33 heavy (non-hydrogen) atoms.